The molecule has 1 atom stereocenters. The summed E-state index contributed by atoms with van der Waals surface area (Å²) in [5.74, 6) is 1.26. The Morgan fingerprint density at radius 2 is 2.17 bits per heavy atom. The molecule has 0 unspecified atom stereocenters. The summed E-state index contributed by atoms with van der Waals surface area (Å²) in [6.45, 7) is 3.67. The number of aryl methyl sites for hydroxylation is 1. The first-order valence-corrected chi connectivity index (χ1v) is 8.84. The summed E-state index contributed by atoms with van der Waals surface area (Å²) in [7, 11) is 0. The van der Waals surface area contributed by atoms with Crippen LogP contribution in [0.15, 0.2) is 41.8 Å². The molecule has 1 aliphatic heterocycles. The number of thiophene rings is 1. The van der Waals surface area contributed by atoms with Gasteiger partial charge in [-0.1, -0.05) is 18.2 Å². The number of hydrogen-bond donors (Lipinski definition) is 0. The molecule has 5 heteroatoms. The zero-order valence-corrected chi connectivity index (χ0v) is 13.9. The third kappa shape index (κ3) is 2.65. The molecule has 0 N–H and O–H groups in total. The number of imidazole rings is 1. The predicted octanol–water partition coefficient (Wildman–Crippen LogP) is 3.42. The zero-order valence-electron chi connectivity index (χ0n) is 13.1. The molecule has 1 amide bonds. The van der Waals surface area contributed by atoms with Gasteiger partial charge in [0.15, 0.2) is 0 Å². The lowest BCUT2D eigenvalue weighted by Crippen LogP contribution is -2.30. The molecule has 118 valence electrons. The van der Waals surface area contributed by atoms with Crippen molar-refractivity contribution < 1.29 is 4.79 Å². The quantitative estimate of drug-likeness (QED) is 0.740. The molecule has 23 heavy (non-hydrogen) atoms. The van der Waals surface area contributed by atoms with E-state index in [2.05, 4.69) is 28.6 Å². The third-order valence-corrected chi connectivity index (χ3v) is 5.44. The summed E-state index contributed by atoms with van der Waals surface area (Å²) in [5.41, 5.74) is 2.20. The number of carbonyl (C=O) groups excluding carboxylic acids is 1. The fourth-order valence-corrected chi connectivity index (χ4v) is 4.17. The van der Waals surface area contributed by atoms with E-state index >= 15 is 0 Å². The Hall–Kier alpha value is -2.14. The second-order valence-corrected chi connectivity index (χ2v) is 7.09. The van der Waals surface area contributed by atoms with Crippen LogP contribution in [0.5, 0.6) is 0 Å². The first-order valence-electron chi connectivity index (χ1n) is 7.96. The molecule has 4 rings (SSSR count). The van der Waals surface area contributed by atoms with Gasteiger partial charge in [-0.15, -0.1) is 11.3 Å². The van der Waals surface area contributed by atoms with Crippen LogP contribution in [0, 0.1) is 6.92 Å². The molecule has 1 aliphatic rings. The van der Waals surface area contributed by atoms with Gasteiger partial charge in [-0.25, -0.2) is 4.98 Å². The van der Waals surface area contributed by atoms with E-state index in [0.29, 0.717) is 12.5 Å². The molecule has 1 saturated heterocycles. The topological polar surface area (TPSA) is 38.1 Å². The standard InChI is InChI=1S/C18H19N3OS/c1-13-19-16-6-2-3-7-17(16)21(13)14-8-9-20(12-14)18(22)11-15-5-4-10-23-15/h2-7,10,14H,8-9,11-12H2,1H3/t14-/m0/s1. The van der Waals surface area contributed by atoms with Gasteiger partial charge >= 0.3 is 0 Å². The van der Waals surface area contributed by atoms with Crippen LogP contribution < -0.4 is 0 Å². The van der Waals surface area contributed by atoms with Crippen LogP contribution in [-0.4, -0.2) is 33.4 Å². The molecule has 0 radical (unpaired) electrons. The van der Waals surface area contributed by atoms with Gasteiger partial charge < -0.3 is 9.47 Å². The van der Waals surface area contributed by atoms with Crippen molar-refractivity contribution in [1.82, 2.24) is 14.5 Å². The van der Waals surface area contributed by atoms with Gasteiger partial charge in [-0.05, 0) is 36.9 Å². The smallest absolute Gasteiger partial charge is 0.227 e. The van der Waals surface area contributed by atoms with Crippen molar-refractivity contribution >= 4 is 28.3 Å². The lowest BCUT2D eigenvalue weighted by Gasteiger charge is -2.18. The molecular weight excluding hydrogens is 306 g/mol. The Morgan fingerprint density at radius 1 is 1.30 bits per heavy atom. The van der Waals surface area contributed by atoms with E-state index in [1.165, 1.54) is 5.52 Å². The third-order valence-electron chi connectivity index (χ3n) is 4.56. The maximum atomic E-state index is 12.5. The normalized spacial score (nSPS) is 18.0. The molecular formula is C18H19N3OS. The van der Waals surface area contributed by atoms with Crippen molar-refractivity contribution in [3.05, 3.63) is 52.5 Å². The highest BCUT2D eigenvalue weighted by Gasteiger charge is 2.29. The molecule has 4 nitrogen and oxygen atoms in total. The first kappa shape index (κ1) is 14.5. The van der Waals surface area contributed by atoms with Crippen molar-refractivity contribution in [2.45, 2.75) is 25.8 Å². The van der Waals surface area contributed by atoms with Gasteiger partial charge in [0.25, 0.3) is 0 Å². The number of carbonyl (C=O) groups is 1. The summed E-state index contributed by atoms with van der Waals surface area (Å²) in [6.07, 6.45) is 1.52. The van der Waals surface area contributed by atoms with Crippen molar-refractivity contribution in [1.29, 1.82) is 0 Å². The van der Waals surface area contributed by atoms with E-state index in [0.717, 1.165) is 35.7 Å². The van der Waals surface area contributed by atoms with Crippen LogP contribution in [0.1, 0.15) is 23.2 Å². The Labute approximate surface area is 139 Å². The summed E-state index contributed by atoms with van der Waals surface area (Å²) < 4.78 is 2.30. The molecule has 1 aromatic carbocycles. The van der Waals surface area contributed by atoms with Crippen LogP contribution >= 0.6 is 11.3 Å². The number of fused-ring (bicyclic) bond motifs is 1. The molecule has 2 aromatic heterocycles. The van der Waals surface area contributed by atoms with Gasteiger partial charge in [0.1, 0.15) is 5.82 Å². The minimum atomic E-state index is 0.233. The summed E-state index contributed by atoms with van der Waals surface area (Å²) in [5, 5.41) is 2.02. The molecule has 1 fully saturated rings. The van der Waals surface area contributed by atoms with Crippen molar-refractivity contribution in [3.63, 3.8) is 0 Å². The second-order valence-electron chi connectivity index (χ2n) is 6.06. The number of benzene rings is 1. The minimum Gasteiger partial charge on any atom is -0.340 e. The van der Waals surface area contributed by atoms with Crippen LogP contribution in [-0.2, 0) is 11.2 Å². The largest absolute Gasteiger partial charge is 0.340 e. The molecule has 0 saturated carbocycles. The average molecular weight is 325 g/mol. The van der Waals surface area contributed by atoms with Gasteiger partial charge in [0.05, 0.1) is 23.5 Å². The first-order chi connectivity index (χ1) is 11.2. The highest BCUT2D eigenvalue weighted by atomic mass is 32.1. The molecule has 0 spiro atoms. The van der Waals surface area contributed by atoms with E-state index in [1.807, 2.05) is 34.5 Å². The predicted molar refractivity (Wildman–Crippen MR) is 92.7 cm³/mol. The number of aromatic nitrogens is 2. The lowest BCUT2D eigenvalue weighted by molar-refractivity contribution is -0.129. The van der Waals surface area contributed by atoms with Gasteiger partial charge in [-0.3, -0.25) is 4.79 Å². The maximum Gasteiger partial charge on any atom is 0.227 e. The second kappa shape index (κ2) is 5.81. The Bertz CT molecular complexity index is 837. The van der Waals surface area contributed by atoms with E-state index in [-0.39, 0.29) is 5.91 Å². The Balaban J connectivity index is 1.53. The highest BCUT2D eigenvalue weighted by molar-refractivity contribution is 7.10. The number of nitrogens with zero attached hydrogens (tertiary/aromatic N) is 3. The van der Waals surface area contributed by atoms with Gasteiger partial charge in [0, 0.05) is 18.0 Å². The van der Waals surface area contributed by atoms with Crippen molar-refractivity contribution in [2.75, 3.05) is 13.1 Å². The minimum absolute atomic E-state index is 0.233. The van der Waals surface area contributed by atoms with Gasteiger partial charge in [0.2, 0.25) is 5.91 Å². The van der Waals surface area contributed by atoms with E-state index in [9.17, 15) is 4.79 Å². The monoisotopic (exact) mass is 325 g/mol. The van der Waals surface area contributed by atoms with E-state index in [4.69, 9.17) is 0 Å². The number of likely N-dealkylation sites (tertiary alicyclic amines) is 1. The Morgan fingerprint density at radius 3 is 3.00 bits per heavy atom. The highest BCUT2D eigenvalue weighted by Crippen LogP contribution is 2.28. The van der Waals surface area contributed by atoms with Crippen LogP contribution in [0.3, 0.4) is 0 Å². The van der Waals surface area contributed by atoms with Crippen molar-refractivity contribution in [3.8, 4) is 0 Å². The van der Waals surface area contributed by atoms with Gasteiger partial charge in [-0.2, -0.15) is 0 Å². The summed E-state index contributed by atoms with van der Waals surface area (Å²) in [4.78, 5) is 20.3. The van der Waals surface area contributed by atoms with E-state index < -0.39 is 0 Å². The maximum absolute atomic E-state index is 12.5. The lowest BCUT2D eigenvalue weighted by atomic mass is 10.2. The number of rotatable bonds is 3. The van der Waals surface area contributed by atoms with Crippen molar-refractivity contribution in [2.24, 2.45) is 0 Å². The summed E-state index contributed by atoms with van der Waals surface area (Å²) in [6, 6.07) is 12.6. The van der Waals surface area contributed by atoms with Crippen LogP contribution in [0.2, 0.25) is 0 Å². The number of para-hydroxylation sites is 2. The fourth-order valence-electron chi connectivity index (χ4n) is 3.48. The SMILES string of the molecule is Cc1nc2ccccc2n1[C@H]1CCN(C(=O)Cc2cccs2)C1. The zero-order chi connectivity index (χ0) is 15.8. The number of amides is 1. The Kier molecular flexibility index (Phi) is 3.65. The molecule has 0 aliphatic carbocycles. The molecule has 3 aromatic rings. The van der Waals surface area contributed by atoms with Crippen LogP contribution in [0.25, 0.3) is 11.0 Å². The van der Waals surface area contributed by atoms with E-state index in [1.54, 1.807) is 11.3 Å². The number of hydrogen-bond acceptors (Lipinski definition) is 3. The molecule has 3 heterocycles. The summed E-state index contributed by atoms with van der Waals surface area (Å²) >= 11 is 1.65. The van der Waals surface area contributed by atoms with Crippen LogP contribution in [0.4, 0.5) is 0 Å². The molecule has 0 bridgehead atoms. The average Bonchev–Trinajstić information content (AvgIpc) is 3.25. The fraction of sp³-hybridized carbons (Fsp3) is 0.333.